The Bertz CT molecular complexity index is 2030. The van der Waals surface area contributed by atoms with Crippen LogP contribution in [0.5, 0.6) is 11.5 Å². The van der Waals surface area contributed by atoms with Gasteiger partial charge in [-0.2, -0.15) is 13.2 Å². The van der Waals surface area contributed by atoms with E-state index in [0.29, 0.717) is 33.8 Å². The molecule has 260 valence electrons. The van der Waals surface area contributed by atoms with Crippen LogP contribution in [0.25, 0.3) is 0 Å². The van der Waals surface area contributed by atoms with Crippen LogP contribution in [0.4, 0.5) is 17.6 Å². The molecule has 2 heterocycles. The van der Waals surface area contributed by atoms with Crippen molar-refractivity contribution in [3.63, 3.8) is 0 Å². The third kappa shape index (κ3) is 7.36. The summed E-state index contributed by atoms with van der Waals surface area (Å²) >= 11 is 0. The number of rotatable bonds is 7. The summed E-state index contributed by atoms with van der Waals surface area (Å²) in [6.45, 7) is 3.30. The van der Waals surface area contributed by atoms with Gasteiger partial charge in [0, 0.05) is 29.9 Å². The lowest BCUT2D eigenvalue weighted by Gasteiger charge is -2.42. The largest absolute Gasteiger partial charge is 0.497 e. The molecule has 0 fully saturated rings. The van der Waals surface area contributed by atoms with Gasteiger partial charge in [0.05, 0.1) is 19.8 Å². The van der Waals surface area contributed by atoms with Crippen molar-refractivity contribution in [1.82, 2.24) is 15.3 Å². The first-order valence-corrected chi connectivity index (χ1v) is 16.0. The summed E-state index contributed by atoms with van der Waals surface area (Å²) < 4.78 is 76.3. The SMILES string of the molecule is COc1ccc(C(NC2=N[C@](C)(c3cc(C#Cc4ncc(C)cn4)ccc3F)C[C@@H](C(F)(F)F)O2)(c2ccccc2)c2ccc(OC)cc2)cc1. The van der Waals surface area contributed by atoms with Crippen molar-refractivity contribution in [3.8, 4) is 23.3 Å². The maximum atomic E-state index is 15.7. The van der Waals surface area contributed by atoms with Gasteiger partial charge in [-0.25, -0.2) is 19.4 Å². The summed E-state index contributed by atoms with van der Waals surface area (Å²) in [5.41, 5.74) is 0.00464. The van der Waals surface area contributed by atoms with Crippen LogP contribution in [0, 0.1) is 24.6 Å². The number of aliphatic imine (C=N–C) groups is 1. The molecule has 6 rings (SSSR count). The average Bonchev–Trinajstić information content (AvgIpc) is 3.14. The molecule has 0 saturated heterocycles. The highest BCUT2D eigenvalue weighted by Crippen LogP contribution is 2.44. The number of methoxy groups -OCH3 is 2. The van der Waals surface area contributed by atoms with E-state index in [0.717, 1.165) is 5.56 Å². The lowest BCUT2D eigenvalue weighted by Crippen LogP contribution is -2.54. The number of aromatic nitrogens is 2. The Kier molecular flexibility index (Phi) is 9.70. The normalized spacial score (nSPS) is 17.3. The third-order valence-electron chi connectivity index (χ3n) is 8.74. The first kappa shape index (κ1) is 35.0. The molecule has 2 atom stereocenters. The summed E-state index contributed by atoms with van der Waals surface area (Å²) in [5, 5.41) is 3.28. The van der Waals surface area contributed by atoms with E-state index in [1.165, 1.54) is 25.1 Å². The van der Waals surface area contributed by atoms with Crippen molar-refractivity contribution in [1.29, 1.82) is 0 Å². The zero-order valence-corrected chi connectivity index (χ0v) is 28.3. The van der Waals surface area contributed by atoms with E-state index in [4.69, 9.17) is 19.2 Å². The maximum absolute atomic E-state index is 15.7. The Morgan fingerprint density at radius 3 is 1.92 bits per heavy atom. The van der Waals surface area contributed by atoms with Crippen LogP contribution >= 0.6 is 0 Å². The molecule has 1 aromatic heterocycles. The Morgan fingerprint density at radius 1 is 0.804 bits per heavy atom. The molecular weight excluding hydrogens is 660 g/mol. The molecule has 0 unspecified atom stereocenters. The molecule has 4 aromatic carbocycles. The van der Waals surface area contributed by atoms with Crippen LogP contribution in [-0.4, -0.2) is 42.5 Å². The van der Waals surface area contributed by atoms with Gasteiger partial charge in [-0.05, 0) is 84.5 Å². The third-order valence-corrected chi connectivity index (χ3v) is 8.74. The van der Waals surface area contributed by atoms with Gasteiger partial charge in [-0.3, -0.25) is 0 Å². The van der Waals surface area contributed by atoms with Gasteiger partial charge in [0.2, 0.25) is 5.82 Å². The molecule has 5 aromatic rings. The zero-order valence-electron chi connectivity index (χ0n) is 28.3. The summed E-state index contributed by atoms with van der Waals surface area (Å²) in [7, 11) is 3.08. The molecule has 0 radical (unpaired) electrons. The summed E-state index contributed by atoms with van der Waals surface area (Å²) in [6, 6.07) is 27.1. The lowest BCUT2D eigenvalue weighted by atomic mass is 9.77. The van der Waals surface area contributed by atoms with Crippen LogP contribution < -0.4 is 14.8 Å². The van der Waals surface area contributed by atoms with E-state index >= 15 is 4.39 Å². The summed E-state index contributed by atoms with van der Waals surface area (Å²) in [4.78, 5) is 13.1. The van der Waals surface area contributed by atoms with E-state index in [9.17, 15) is 13.2 Å². The van der Waals surface area contributed by atoms with E-state index < -0.39 is 41.6 Å². The van der Waals surface area contributed by atoms with Crippen molar-refractivity contribution < 1.29 is 31.8 Å². The molecule has 11 heteroatoms. The van der Waals surface area contributed by atoms with Gasteiger partial charge < -0.3 is 19.5 Å². The molecule has 1 aliphatic heterocycles. The van der Waals surface area contributed by atoms with Gasteiger partial charge >= 0.3 is 6.18 Å². The topological polar surface area (TPSA) is 77.9 Å². The Hall–Kier alpha value is -5.89. The molecule has 7 nitrogen and oxygen atoms in total. The second-order valence-electron chi connectivity index (χ2n) is 12.3. The van der Waals surface area contributed by atoms with Gasteiger partial charge in [0.1, 0.15) is 22.9 Å². The fourth-order valence-electron chi connectivity index (χ4n) is 6.09. The zero-order chi connectivity index (χ0) is 36.2. The number of alkyl halides is 3. The number of hydrogen-bond acceptors (Lipinski definition) is 7. The summed E-state index contributed by atoms with van der Waals surface area (Å²) in [6.07, 6.45) is -4.58. The van der Waals surface area contributed by atoms with E-state index in [1.54, 1.807) is 50.9 Å². The van der Waals surface area contributed by atoms with Gasteiger partial charge in [-0.15, -0.1) is 0 Å². The lowest BCUT2D eigenvalue weighted by molar-refractivity contribution is -0.209. The number of halogens is 4. The second kappa shape index (κ2) is 14.2. The first-order valence-electron chi connectivity index (χ1n) is 16.0. The van der Waals surface area contributed by atoms with E-state index in [2.05, 4.69) is 27.1 Å². The standard InChI is InChI=1S/C40H34F4N4O3/c1-26-24-45-36(46-25-26)21-11-27-10-20-34(41)33(22-27)38(2)23-35(40(42,43)44)51-37(47-38)48-39(28-8-6-5-7-9-28,29-12-16-31(49-3)17-13-29)30-14-18-32(50-4)19-15-30/h5-10,12-20,22,24-25,35H,23H2,1-4H3,(H,47,48)/t35-,38-/m0/s1. The fourth-order valence-corrected chi connectivity index (χ4v) is 6.09. The van der Waals surface area contributed by atoms with Crippen molar-refractivity contribution in [3.05, 3.63) is 154 Å². The number of hydrogen-bond donors (Lipinski definition) is 1. The highest BCUT2D eigenvalue weighted by Gasteiger charge is 2.51. The monoisotopic (exact) mass is 694 g/mol. The average molecular weight is 695 g/mol. The number of amidine groups is 1. The van der Waals surface area contributed by atoms with Crippen LogP contribution in [0.1, 0.15) is 52.5 Å². The van der Waals surface area contributed by atoms with Crippen molar-refractivity contribution in [2.45, 2.75) is 43.6 Å². The molecule has 0 spiro atoms. The highest BCUT2D eigenvalue weighted by atomic mass is 19.4. The number of nitrogens with one attached hydrogen (secondary N) is 1. The van der Waals surface area contributed by atoms with Crippen LogP contribution in [0.15, 0.2) is 114 Å². The van der Waals surface area contributed by atoms with Crippen molar-refractivity contribution in [2.75, 3.05) is 14.2 Å². The van der Waals surface area contributed by atoms with Crippen LogP contribution in [0.2, 0.25) is 0 Å². The minimum atomic E-state index is -4.81. The molecule has 0 bridgehead atoms. The predicted octanol–water partition coefficient (Wildman–Crippen LogP) is 7.85. The maximum Gasteiger partial charge on any atom is 0.425 e. The summed E-state index contributed by atoms with van der Waals surface area (Å²) in [5.74, 6) is 6.41. The van der Waals surface area contributed by atoms with Crippen LogP contribution in [0.3, 0.4) is 0 Å². The van der Waals surface area contributed by atoms with Crippen molar-refractivity contribution in [2.24, 2.45) is 4.99 Å². The number of ether oxygens (including phenoxy) is 3. The quantitative estimate of drug-likeness (QED) is 0.106. The Balaban J connectivity index is 1.53. The van der Waals surface area contributed by atoms with Crippen molar-refractivity contribution >= 4 is 6.02 Å². The predicted molar refractivity (Wildman–Crippen MR) is 185 cm³/mol. The van der Waals surface area contributed by atoms with E-state index in [1.807, 2.05) is 61.5 Å². The van der Waals surface area contributed by atoms with Gasteiger partial charge in [0.25, 0.3) is 6.02 Å². The molecule has 0 aliphatic carbocycles. The molecule has 1 N–H and O–H groups in total. The number of aryl methyl sites for hydroxylation is 1. The minimum Gasteiger partial charge on any atom is -0.497 e. The van der Waals surface area contributed by atoms with E-state index in [-0.39, 0.29) is 11.4 Å². The minimum absolute atomic E-state index is 0.0739. The number of benzene rings is 4. The molecule has 0 amide bonds. The Labute approximate surface area is 293 Å². The molecule has 0 saturated carbocycles. The van der Waals surface area contributed by atoms with Crippen LogP contribution in [-0.2, 0) is 15.8 Å². The first-order chi connectivity index (χ1) is 24.4. The Morgan fingerprint density at radius 2 is 1.37 bits per heavy atom. The molecule has 1 aliphatic rings. The highest BCUT2D eigenvalue weighted by molar-refractivity contribution is 5.79. The second-order valence-corrected chi connectivity index (χ2v) is 12.3. The molecule has 51 heavy (non-hydrogen) atoms. The smallest absolute Gasteiger partial charge is 0.425 e. The number of nitrogens with zero attached hydrogens (tertiary/aromatic N) is 3. The van der Waals surface area contributed by atoms with Gasteiger partial charge in [0.15, 0.2) is 6.10 Å². The molecular formula is C40H34F4N4O3. The fraction of sp³-hybridized carbons (Fsp3) is 0.225. The van der Waals surface area contributed by atoms with Gasteiger partial charge in [-0.1, -0.05) is 60.5 Å².